The van der Waals surface area contributed by atoms with Crippen LogP contribution in [0.1, 0.15) is 6.42 Å². The van der Waals surface area contributed by atoms with Crippen LogP contribution in [0.4, 0.5) is 0 Å². The SMILES string of the molecule is CN1CC(N)CC12COC2. The summed E-state index contributed by atoms with van der Waals surface area (Å²) in [6.07, 6.45) is 1.11. The molecule has 2 aliphatic heterocycles. The van der Waals surface area contributed by atoms with Gasteiger partial charge in [0.1, 0.15) is 0 Å². The molecule has 3 heteroatoms. The fraction of sp³-hybridized carbons (Fsp3) is 1.00. The quantitative estimate of drug-likeness (QED) is 0.491. The minimum absolute atomic E-state index is 0.333. The zero-order valence-electron chi connectivity index (χ0n) is 6.34. The number of hydrogen-bond donors (Lipinski definition) is 1. The lowest BCUT2D eigenvalue weighted by Gasteiger charge is -2.43. The molecule has 1 spiro atoms. The highest BCUT2D eigenvalue weighted by atomic mass is 16.5. The fourth-order valence-corrected chi connectivity index (χ4v) is 1.93. The summed E-state index contributed by atoms with van der Waals surface area (Å²) in [5.74, 6) is 0. The van der Waals surface area contributed by atoms with Crippen LogP contribution >= 0.6 is 0 Å². The van der Waals surface area contributed by atoms with Crippen LogP contribution in [-0.2, 0) is 4.74 Å². The normalized spacial score (nSPS) is 38.4. The Labute approximate surface area is 61.1 Å². The van der Waals surface area contributed by atoms with Crippen LogP contribution in [0, 0.1) is 0 Å². The Morgan fingerprint density at radius 2 is 2.30 bits per heavy atom. The van der Waals surface area contributed by atoms with E-state index in [2.05, 4.69) is 11.9 Å². The van der Waals surface area contributed by atoms with Gasteiger partial charge >= 0.3 is 0 Å². The lowest BCUT2D eigenvalue weighted by Crippen LogP contribution is -2.57. The topological polar surface area (TPSA) is 38.5 Å². The Hall–Kier alpha value is -0.120. The van der Waals surface area contributed by atoms with Crippen LogP contribution in [0.5, 0.6) is 0 Å². The second-order valence-electron chi connectivity index (χ2n) is 3.56. The van der Waals surface area contributed by atoms with E-state index in [9.17, 15) is 0 Å². The van der Waals surface area contributed by atoms with Gasteiger partial charge in [0.2, 0.25) is 0 Å². The van der Waals surface area contributed by atoms with Crippen molar-refractivity contribution in [2.45, 2.75) is 18.0 Å². The predicted octanol–water partition coefficient (Wildman–Crippen LogP) is -0.582. The van der Waals surface area contributed by atoms with E-state index in [1.165, 1.54) is 0 Å². The summed E-state index contributed by atoms with van der Waals surface area (Å²) < 4.78 is 5.18. The number of ether oxygens (including phenoxy) is 1. The molecule has 58 valence electrons. The lowest BCUT2D eigenvalue weighted by atomic mass is 9.93. The summed E-state index contributed by atoms with van der Waals surface area (Å²) in [6, 6.07) is 0.369. The molecule has 0 aliphatic carbocycles. The molecule has 0 aromatic rings. The van der Waals surface area contributed by atoms with Crippen LogP contribution in [0.3, 0.4) is 0 Å². The maximum Gasteiger partial charge on any atom is 0.0691 e. The van der Waals surface area contributed by atoms with Gasteiger partial charge in [-0.1, -0.05) is 0 Å². The van der Waals surface area contributed by atoms with Crippen molar-refractivity contribution in [3.63, 3.8) is 0 Å². The van der Waals surface area contributed by atoms with E-state index >= 15 is 0 Å². The number of nitrogens with two attached hydrogens (primary N) is 1. The Morgan fingerprint density at radius 1 is 1.60 bits per heavy atom. The molecule has 1 atom stereocenters. The summed E-state index contributed by atoms with van der Waals surface area (Å²) in [6.45, 7) is 2.80. The van der Waals surface area contributed by atoms with Gasteiger partial charge in [0.25, 0.3) is 0 Å². The number of likely N-dealkylation sites (N-methyl/N-ethyl adjacent to an activating group) is 1. The van der Waals surface area contributed by atoms with E-state index in [4.69, 9.17) is 10.5 Å². The minimum atomic E-state index is 0.333. The molecular weight excluding hydrogens is 128 g/mol. The van der Waals surface area contributed by atoms with E-state index in [-0.39, 0.29) is 0 Å². The van der Waals surface area contributed by atoms with Gasteiger partial charge in [0.05, 0.1) is 18.8 Å². The largest absolute Gasteiger partial charge is 0.377 e. The molecule has 2 saturated heterocycles. The van der Waals surface area contributed by atoms with Gasteiger partial charge in [-0.15, -0.1) is 0 Å². The highest BCUT2D eigenvalue weighted by molar-refractivity contribution is 5.03. The molecule has 0 saturated carbocycles. The van der Waals surface area contributed by atoms with Crippen LogP contribution in [0.2, 0.25) is 0 Å². The van der Waals surface area contributed by atoms with Gasteiger partial charge in [0.15, 0.2) is 0 Å². The average molecular weight is 142 g/mol. The maximum atomic E-state index is 5.81. The van der Waals surface area contributed by atoms with Crippen molar-refractivity contribution in [2.24, 2.45) is 5.73 Å². The second-order valence-corrected chi connectivity index (χ2v) is 3.56. The average Bonchev–Trinajstić information content (AvgIpc) is 2.04. The third-order valence-electron chi connectivity index (χ3n) is 2.70. The van der Waals surface area contributed by atoms with Gasteiger partial charge in [-0.25, -0.2) is 0 Å². The number of nitrogens with zero attached hydrogens (tertiary/aromatic N) is 1. The minimum Gasteiger partial charge on any atom is -0.377 e. The lowest BCUT2D eigenvalue weighted by molar-refractivity contribution is -0.115. The van der Waals surface area contributed by atoms with E-state index in [0.717, 1.165) is 26.2 Å². The molecule has 1 unspecified atom stereocenters. The summed E-state index contributed by atoms with van der Waals surface area (Å²) in [5, 5.41) is 0. The first-order valence-corrected chi connectivity index (χ1v) is 3.77. The van der Waals surface area contributed by atoms with Crippen LogP contribution in [0.15, 0.2) is 0 Å². The van der Waals surface area contributed by atoms with Gasteiger partial charge in [-0.3, -0.25) is 4.90 Å². The number of likely N-dealkylation sites (tertiary alicyclic amines) is 1. The number of hydrogen-bond acceptors (Lipinski definition) is 3. The van der Waals surface area contributed by atoms with Crippen molar-refractivity contribution in [1.82, 2.24) is 4.90 Å². The van der Waals surface area contributed by atoms with E-state index in [1.54, 1.807) is 0 Å². The molecule has 2 aliphatic rings. The first kappa shape index (κ1) is 6.58. The molecule has 2 fully saturated rings. The zero-order valence-corrected chi connectivity index (χ0v) is 6.34. The summed E-state index contributed by atoms with van der Waals surface area (Å²) in [7, 11) is 2.13. The summed E-state index contributed by atoms with van der Waals surface area (Å²) >= 11 is 0. The van der Waals surface area contributed by atoms with E-state index < -0.39 is 0 Å². The van der Waals surface area contributed by atoms with Gasteiger partial charge in [-0.2, -0.15) is 0 Å². The van der Waals surface area contributed by atoms with Crippen molar-refractivity contribution in [1.29, 1.82) is 0 Å². The molecule has 2 rings (SSSR count). The third kappa shape index (κ3) is 0.713. The van der Waals surface area contributed by atoms with Crippen LogP contribution < -0.4 is 5.73 Å². The summed E-state index contributed by atoms with van der Waals surface area (Å²) in [4.78, 5) is 2.33. The molecule has 0 bridgehead atoms. The number of rotatable bonds is 0. The molecule has 10 heavy (non-hydrogen) atoms. The molecule has 0 aromatic carbocycles. The third-order valence-corrected chi connectivity index (χ3v) is 2.70. The van der Waals surface area contributed by atoms with Gasteiger partial charge < -0.3 is 10.5 Å². The predicted molar refractivity (Wildman–Crippen MR) is 38.8 cm³/mol. The summed E-state index contributed by atoms with van der Waals surface area (Å²) in [5.41, 5.74) is 6.15. The molecule has 0 aromatic heterocycles. The highest BCUT2D eigenvalue weighted by Gasteiger charge is 2.48. The van der Waals surface area contributed by atoms with E-state index in [0.29, 0.717) is 11.6 Å². The molecule has 2 heterocycles. The Morgan fingerprint density at radius 3 is 2.50 bits per heavy atom. The Balaban J connectivity index is 2.08. The molecule has 0 amide bonds. The van der Waals surface area contributed by atoms with Crippen molar-refractivity contribution in [3.8, 4) is 0 Å². The van der Waals surface area contributed by atoms with Crippen LogP contribution in [0.25, 0.3) is 0 Å². The van der Waals surface area contributed by atoms with Crippen molar-refractivity contribution >= 4 is 0 Å². The van der Waals surface area contributed by atoms with Crippen molar-refractivity contribution < 1.29 is 4.74 Å². The smallest absolute Gasteiger partial charge is 0.0691 e. The van der Waals surface area contributed by atoms with Crippen LogP contribution in [-0.4, -0.2) is 43.3 Å². The molecular formula is C7H14N2O. The molecule has 2 N–H and O–H groups in total. The van der Waals surface area contributed by atoms with Gasteiger partial charge in [0, 0.05) is 12.6 Å². The first-order chi connectivity index (χ1) is 4.73. The van der Waals surface area contributed by atoms with Gasteiger partial charge in [-0.05, 0) is 13.5 Å². The molecule has 0 radical (unpaired) electrons. The Bertz CT molecular complexity index is 145. The highest BCUT2D eigenvalue weighted by Crippen LogP contribution is 2.33. The fourth-order valence-electron chi connectivity index (χ4n) is 1.93. The maximum absolute atomic E-state index is 5.81. The Kier molecular flexibility index (Phi) is 1.27. The van der Waals surface area contributed by atoms with E-state index in [1.807, 2.05) is 0 Å². The molecule has 3 nitrogen and oxygen atoms in total. The zero-order chi connectivity index (χ0) is 7.19. The second kappa shape index (κ2) is 1.94. The first-order valence-electron chi connectivity index (χ1n) is 3.77. The van der Waals surface area contributed by atoms with Crippen molar-refractivity contribution in [3.05, 3.63) is 0 Å². The monoisotopic (exact) mass is 142 g/mol. The standard InChI is InChI=1S/C7H14N2O/c1-9-3-6(8)2-7(9)4-10-5-7/h6H,2-5,8H2,1H3. The van der Waals surface area contributed by atoms with Crippen molar-refractivity contribution in [2.75, 3.05) is 26.8 Å².